The van der Waals surface area contributed by atoms with Crippen molar-refractivity contribution in [3.63, 3.8) is 0 Å². The van der Waals surface area contributed by atoms with Gasteiger partial charge in [-0.25, -0.2) is 0 Å². The summed E-state index contributed by atoms with van der Waals surface area (Å²) in [6.07, 6.45) is 1.70. The molecule has 2 heterocycles. The zero-order valence-corrected chi connectivity index (χ0v) is 13.9. The second-order valence-electron chi connectivity index (χ2n) is 5.99. The van der Waals surface area contributed by atoms with Gasteiger partial charge in [-0.2, -0.15) is 11.8 Å². The normalized spacial score (nSPS) is 23.2. The third-order valence-corrected chi connectivity index (χ3v) is 5.52. The SMILES string of the molecule is O=C(CC1CSCCN1)N1CCCN(c2ccccc2)CC1. The summed E-state index contributed by atoms with van der Waals surface area (Å²) in [7, 11) is 0. The van der Waals surface area contributed by atoms with Gasteiger partial charge in [-0.3, -0.25) is 4.79 Å². The van der Waals surface area contributed by atoms with E-state index in [0.717, 1.165) is 44.9 Å². The second-order valence-corrected chi connectivity index (χ2v) is 7.14. The molecule has 2 saturated heterocycles. The highest BCUT2D eigenvalue weighted by Gasteiger charge is 2.23. The summed E-state index contributed by atoms with van der Waals surface area (Å²) < 4.78 is 0. The number of hydrogen-bond acceptors (Lipinski definition) is 4. The third-order valence-electron chi connectivity index (χ3n) is 4.39. The van der Waals surface area contributed by atoms with Gasteiger partial charge in [0.05, 0.1) is 0 Å². The van der Waals surface area contributed by atoms with Crippen molar-refractivity contribution < 1.29 is 4.79 Å². The molecule has 2 aliphatic rings. The summed E-state index contributed by atoms with van der Waals surface area (Å²) in [6.45, 7) is 4.73. The molecule has 22 heavy (non-hydrogen) atoms. The van der Waals surface area contributed by atoms with Crippen molar-refractivity contribution in [1.82, 2.24) is 10.2 Å². The van der Waals surface area contributed by atoms with E-state index in [1.165, 1.54) is 11.4 Å². The first-order valence-corrected chi connectivity index (χ1v) is 9.37. The Bertz CT molecular complexity index is 476. The van der Waals surface area contributed by atoms with Crippen molar-refractivity contribution in [3.8, 4) is 0 Å². The fourth-order valence-electron chi connectivity index (χ4n) is 3.15. The molecule has 0 saturated carbocycles. The maximum Gasteiger partial charge on any atom is 0.224 e. The number of amides is 1. The summed E-state index contributed by atoms with van der Waals surface area (Å²) in [5, 5.41) is 3.46. The molecule has 1 aromatic rings. The minimum atomic E-state index is 0.315. The molecule has 4 nitrogen and oxygen atoms in total. The van der Waals surface area contributed by atoms with Gasteiger partial charge in [-0.1, -0.05) is 18.2 Å². The Hall–Kier alpha value is -1.20. The lowest BCUT2D eigenvalue weighted by Gasteiger charge is -2.27. The van der Waals surface area contributed by atoms with E-state index < -0.39 is 0 Å². The number of hydrogen-bond donors (Lipinski definition) is 1. The summed E-state index contributed by atoms with van der Waals surface area (Å²) >= 11 is 1.95. The zero-order chi connectivity index (χ0) is 15.2. The smallest absolute Gasteiger partial charge is 0.224 e. The lowest BCUT2D eigenvalue weighted by Crippen LogP contribution is -2.43. The average Bonchev–Trinajstić information content (AvgIpc) is 2.83. The standard InChI is InChI=1S/C17H25N3OS/c21-17(13-15-14-22-12-7-18-15)20-9-4-8-19(10-11-20)16-5-2-1-3-6-16/h1-3,5-6,15,18H,4,7-14H2. The van der Waals surface area contributed by atoms with E-state index in [2.05, 4.69) is 39.4 Å². The minimum absolute atomic E-state index is 0.315. The van der Waals surface area contributed by atoms with E-state index in [1.807, 2.05) is 17.8 Å². The number of benzene rings is 1. The highest BCUT2D eigenvalue weighted by molar-refractivity contribution is 7.99. The molecule has 0 aromatic heterocycles. The van der Waals surface area contributed by atoms with Crippen molar-refractivity contribution in [1.29, 1.82) is 0 Å². The van der Waals surface area contributed by atoms with Crippen LogP contribution in [-0.4, -0.2) is 61.1 Å². The van der Waals surface area contributed by atoms with E-state index in [-0.39, 0.29) is 0 Å². The first kappa shape index (κ1) is 15.7. The van der Waals surface area contributed by atoms with Gasteiger partial charge in [0.1, 0.15) is 0 Å². The first-order valence-electron chi connectivity index (χ1n) is 8.22. The van der Waals surface area contributed by atoms with Gasteiger partial charge in [0.15, 0.2) is 0 Å². The number of nitrogens with one attached hydrogen (secondary N) is 1. The molecule has 1 unspecified atom stereocenters. The van der Waals surface area contributed by atoms with Crippen molar-refractivity contribution in [2.24, 2.45) is 0 Å². The number of thioether (sulfide) groups is 1. The molecule has 2 fully saturated rings. The molecule has 1 N–H and O–H groups in total. The van der Waals surface area contributed by atoms with Crippen LogP contribution in [0.3, 0.4) is 0 Å². The molecule has 120 valence electrons. The Kier molecular flexibility index (Phi) is 5.62. The highest BCUT2D eigenvalue weighted by Crippen LogP contribution is 2.17. The Labute approximate surface area is 137 Å². The zero-order valence-electron chi connectivity index (χ0n) is 13.0. The molecule has 5 heteroatoms. The second kappa shape index (κ2) is 7.88. The predicted molar refractivity (Wildman–Crippen MR) is 93.6 cm³/mol. The van der Waals surface area contributed by atoms with Crippen LogP contribution >= 0.6 is 11.8 Å². The quantitative estimate of drug-likeness (QED) is 0.922. The van der Waals surface area contributed by atoms with E-state index in [9.17, 15) is 4.79 Å². The Morgan fingerprint density at radius 2 is 2.05 bits per heavy atom. The van der Waals surface area contributed by atoms with Crippen LogP contribution in [0.25, 0.3) is 0 Å². The van der Waals surface area contributed by atoms with E-state index in [1.54, 1.807) is 0 Å². The number of carbonyl (C=O) groups is 1. The van der Waals surface area contributed by atoms with Crippen LogP contribution in [0, 0.1) is 0 Å². The number of rotatable bonds is 3. The van der Waals surface area contributed by atoms with Gasteiger partial charge in [-0.15, -0.1) is 0 Å². The maximum atomic E-state index is 12.5. The molecule has 1 aromatic carbocycles. The lowest BCUT2D eigenvalue weighted by atomic mass is 10.2. The fraction of sp³-hybridized carbons (Fsp3) is 0.588. The molecule has 1 amide bonds. The van der Waals surface area contributed by atoms with E-state index in [4.69, 9.17) is 0 Å². The van der Waals surface area contributed by atoms with Crippen molar-refractivity contribution >= 4 is 23.4 Å². The number of nitrogens with zero attached hydrogens (tertiary/aromatic N) is 2. The van der Waals surface area contributed by atoms with Crippen LogP contribution in [0.5, 0.6) is 0 Å². The molecule has 0 bridgehead atoms. The van der Waals surface area contributed by atoms with Crippen LogP contribution in [-0.2, 0) is 4.79 Å². The molecule has 2 aliphatic heterocycles. The number of anilines is 1. The molecule has 0 radical (unpaired) electrons. The molecule has 0 spiro atoms. The minimum Gasteiger partial charge on any atom is -0.370 e. The molecule has 0 aliphatic carbocycles. The van der Waals surface area contributed by atoms with Crippen LogP contribution in [0.4, 0.5) is 5.69 Å². The Balaban J connectivity index is 1.52. The van der Waals surface area contributed by atoms with E-state index >= 15 is 0 Å². The van der Waals surface area contributed by atoms with Gasteiger partial charge in [0.2, 0.25) is 5.91 Å². The predicted octanol–water partition coefficient (Wildman–Crippen LogP) is 1.82. The lowest BCUT2D eigenvalue weighted by molar-refractivity contribution is -0.131. The van der Waals surface area contributed by atoms with E-state index in [0.29, 0.717) is 18.4 Å². The molecule has 3 rings (SSSR count). The largest absolute Gasteiger partial charge is 0.370 e. The van der Waals surface area contributed by atoms with Gasteiger partial charge >= 0.3 is 0 Å². The number of para-hydroxylation sites is 1. The van der Waals surface area contributed by atoms with Crippen LogP contribution in [0.1, 0.15) is 12.8 Å². The third kappa shape index (κ3) is 4.17. The summed E-state index contributed by atoms with van der Waals surface area (Å²) in [5.41, 5.74) is 1.27. The van der Waals surface area contributed by atoms with Crippen molar-refractivity contribution in [3.05, 3.63) is 30.3 Å². The van der Waals surface area contributed by atoms with Gasteiger partial charge < -0.3 is 15.1 Å². The van der Waals surface area contributed by atoms with Crippen molar-refractivity contribution in [2.75, 3.05) is 49.1 Å². The molecular formula is C17H25N3OS. The van der Waals surface area contributed by atoms with Gasteiger partial charge in [0, 0.05) is 62.4 Å². The van der Waals surface area contributed by atoms with Crippen LogP contribution in [0.2, 0.25) is 0 Å². The monoisotopic (exact) mass is 319 g/mol. The Morgan fingerprint density at radius 3 is 2.82 bits per heavy atom. The highest BCUT2D eigenvalue weighted by atomic mass is 32.2. The fourth-order valence-corrected chi connectivity index (χ4v) is 4.10. The number of carbonyl (C=O) groups excluding carboxylic acids is 1. The summed E-state index contributed by atoms with van der Waals surface area (Å²) in [5.74, 6) is 2.55. The van der Waals surface area contributed by atoms with Gasteiger partial charge in [-0.05, 0) is 18.6 Å². The summed E-state index contributed by atoms with van der Waals surface area (Å²) in [4.78, 5) is 17.0. The van der Waals surface area contributed by atoms with Crippen LogP contribution in [0.15, 0.2) is 30.3 Å². The van der Waals surface area contributed by atoms with Crippen molar-refractivity contribution in [2.45, 2.75) is 18.9 Å². The maximum absolute atomic E-state index is 12.5. The first-order chi connectivity index (χ1) is 10.8. The molecule has 1 atom stereocenters. The Morgan fingerprint density at radius 1 is 1.18 bits per heavy atom. The van der Waals surface area contributed by atoms with Crippen LogP contribution < -0.4 is 10.2 Å². The summed E-state index contributed by atoms with van der Waals surface area (Å²) in [6, 6.07) is 10.9. The van der Waals surface area contributed by atoms with Gasteiger partial charge in [0.25, 0.3) is 0 Å². The topological polar surface area (TPSA) is 35.6 Å². The average molecular weight is 319 g/mol. The molecular weight excluding hydrogens is 294 g/mol.